The maximum absolute atomic E-state index is 4.80. The smallest absolute Gasteiger partial charge is 1.00 e. The van der Waals surface area contributed by atoms with Crippen LogP contribution in [-0.4, -0.2) is 281 Å². The summed E-state index contributed by atoms with van der Waals surface area (Å²) in [6, 6.07) is 0. The van der Waals surface area contributed by atoms with Crippen LogP contribution in [0.5, 0.6) is 0 Å². The summed E-state index contributed by atoms with van der Waals surface area (Å²) in [5.74, 6) is 0. The van der Waals surface area contributed by atoms with E-state index >= 15 is 0 Å². The van der Waals surface area contributed by atoms with Crippen LogP contribution < -0.4 is 46.8 Å². The van der Waals surface area contributed by atoms with Crippen molar-refractivity contribution in [1.29, 1.82) is 0 Å². The van der Waals surface area contributed by atoms with E-state index in [0.717, 1.165) is 24.7 Å². The predicted octanol–water partition coefficient (Wildman–Crippen LogP) is 3.13. The summed E-state index contributed by atoms with van der Waals surface area (Å²) in [5.41, 5.74) is 0. The first-order chi connectivity index (χ1) is 34.2. The van der Waals surface area contributed by atoms with Crippen molar-refractivity contribution in [3.8, 4) is 0 Å². The molecule has 0 aromatic carbocycles. The summed E-state index contributed by atoms with van der Waals surface area (Å²) in [7, 11) is 11.9. The number of hydrogen-bond donors (Lipinski definition) is 0. The van der Waals surface area contributed by atoms with Gasteiger partial charge in [-0.1, -0.05) is 85.2 Å². The Balaban J connectivity index is 0.000000331. The molecule has 2 bridgehead atoms. The Kier molecular flexibility index (Phi) is 43.6. The molecule has 0 aromatic heterocycles. The first-order valence-corrected chi connectivity index (χ1v) is 42.1. The first kappa shape index (κ1) is 73.8. The SMILES string of the molecule is C1CN2CCN3CCCN4CCN(C1)C2C34.CCCCI.CCCCN1CCCN2CCN(C)CCCN(CC1)CC2.CCCC[N+]12CCCN3CC[N+]4([I-])CCCN(CC1)C4C32.CI.I.II.[Cl][Mn][Cl].[I-]. The van der Waals surface area contributed by atoms with Crippen LogP contribution in [0.25, 0.3) is 0 Å². The molecule has 10 saturated heterocycles. The predicted molar refractivity (Wildman–Crippen MR) is 343 cm³/mol. The van der Waals surface area contributed by atoms with E-state index in [0.29, 0.717) is 0 Å². The third kappa shape index (κ3) is 23.0. The van der Waals surface area contributed by atoms with Gasteiger partial charge in [0.15, 0.2) is 6.17 Å². The molecule has 10 aliphatic rings. The van der Waals surface area contributed by atoms with Crippen molar-refractivity contribution in [2.75, 3.05) is 200 Å². The van der Waals surface area contributed by atoms with Gasteiger partial charge in [0.05, 0.1) is 58.1 Å². The van der Waals surface area contributed by atoms with Gasteiger partial charge in [-0.15, -0.1) is 24.0 Å². The number of quaternary nitrogens is 2. The molecule has 0 aromatic rings. The number of nitrogens with zero attached hydrogens (tertiary/aromatic N) is 12. The van der Waals surface area contributed by atoms with Crippen LogP contribution in [-0.2, 0) is 13.1 Å². The summed E-state index contributed by atoms with van der Waals surface area (Å²) in [5, 5.41) is 0. The molecule has 10 fully saturated rings. The van der Waals surface area contributed by atoms with Crippen LogP contribution >= 0.6 is 127 Å². The largest absolute Gasteiger partial charge is 1.00 e. The molecule has 10 rings (SSSR count). The van der Waals surface area contributed by atoms with Crippen LogP contribution in [0.3, 0.4) is 0 Å². The van der Waals surface area contributed by atoms with Gasteiger partial charge < -0.3 is 73.6 Å². The van der Waals surface area contributed by atoms with E-state index in [9.17, 15) is 0 Å². The molecular weight excluding hydrogens is 1780 g/mol. The van der Waals surface area contributed by atoms with Gasteiger partial charge in [-0.2, -0.15) is 0 Å². The van der Waals surface area contributed by atoms with Crippen molar-refractivity contribution in [3.63, 3.8) is 0 Å². The van der Waals surface area contributed by atoms with Gasteiger partial charge in [0.2, 0.25) is 6.17 Å². The Hall–Kier alpha value is 5.73. The number of alkyl halides is 2. The molecule has 432 valence electrons. The van der Waals surface area contributed by atoms with Gasteiger partial charge in [-0.25, -0.2) is 9.80 Å². The normalized spacial score (nSPS) is 33.2. The molecule has 12 nitrogen and oxygen atoms in total. The Labute approximate surface area is 556 Å². The van der Waals surface area contributed by atoms with Crippen molar-refractivity contribution in [3.05, 3.63) is 0 Å². The average Bonchev–Trinajstić information content (AvgIpc) is 3.40. The van der Waals surface area contributed by atoms with Gasteiger partial charge in [-0.3, -0.25) is 19.6 Å². The van der Waals surface area contributed by atoms with E-state index in [2.05, 4.69) is 182 Å². The number of hydrogen-bond acceptors (Lipinski definition) is 10. The molecule has 0 aliphatic carbocycles. The van der Waals surface area contributed by atoms with E-state index in [-0.39, 0.29) is 61.1 Å². The molecule has 22 heteroatoms. The van der Waals surface area contributed by atoms with Gasteiger partial charge in [0.25, 0.3) is 0 Å². The minimum atomic E-state index is 0. The van der Waals surface area contributed by atoms with Crippen LogP contribution in [0.15, 0.2) is 0 Å². The molecule has 6 atom stereocenters. The fraction of sp³-hybridized carbons (Fsp3) is 1.00. The average molecular weight is 1890 g/mol. The zero-order chi connectivity index (χ0) is 50.8. The Morgan fingerprint density at radius 1 is 0.500 bits per heavy atom. The number of likely N-dealkylation sites (N-methyl/N-ethyl adjacent to an activating group) is 1. The quantitative estimate of drug-likeness (QED) is 0.119. The van der Waals surface area contributed by atoms with Crippen molar-refractivity contribution < 1.29 is 67.2 Å². The van der Waals surface area contributed by atoms with E-state index in [1.807, 2.05) is 4.93 Å². The topological polar surface area (TPSA) is 32.4 Å². The monoisotopic (exact) mass is 1880 g/mol. The summed E-state index contributed by atoms with van der Waals surface area (Å²) >= 11 is 11.6. The zero-order valence-electron chi connectivity index (χ0n) is 45.5. The Morgan fingerprint density at radius 3 is 1.46 bits per heavy atom. The maximum Gasteiger partial charge on any atom is -1.00 e. The molecular formula is C50H102Cl2I7MnN12. The van der Waals surface area contributed by atoms with E-state index < -0.39 is 0 Å². The molecule has 0 spiro atoms. The second-order valence-corrected chi connectivity index (χ2v) is 26.3. The fourth-order valence-electron chi connectivity index (χ4n) is 13.4. The first-order valence-electron chi connectivity index (χ1n) is 27.9. The van der Waals surface area contributed by atoms with Crippen LogP contribution in [0.4, 0.5) is 0 Å². The minimum Gasteiger partial charge on any atom is -1.00 e. The third-order valence-electron chi connectivity index (χ3n) is 17.1. The van der Waals surface area contributed by atoms with E-state index in [4.69, 9.17) is 20.2 Å². The molecule has 1 radical (unpaired) electrons. The number of halogens is 9. The molecule has 0 N–H and O–H groups in total. The van der Waals surface area contributed by atoms with Crippen molar-refractivity contribution >= 4 is 127 Å². The van der Waals surface area contributed by atoms with Gasteiger partial charge in [-0.05, 0) is 94.1 Å². The molecule has 10 aliphatic heterocycles. The summed E-state index contributed by atoms with van der Waals surface area (Å²) < 4.78 is 4.05. The maximum atomic E-state index is 4.80. The van der Waals surface area contributed by atoms with Crippen molar-refractivity contribution in [2.24, 2.45) is 0 Å². The third-order valence-corrected chi connectivity index (χ3v) is 19.4. The number of piperazine rings is 4. The minimum absolute atomic E-state index is 0. The van der Waals surface area contributed by atoms with Crippen molar-refractivity contribution in [1.82, 2.24) is 49.0 Å². The van der Waals surface area contributed by atoms with E-state index in [1.54, 1.807) is 0 Å². The van der Waals surface area contributed by atoms with Crippen LogP contribution in [0.2, 0.25) is 0 Å². The fourth-order valence-corrected chi connectivity index (χ4v) is 15.4. The molecule has 0 amide bonds. The van der Waals surface area contributed by atoms with Gasteiger partial charge in [0, 0.05) is 155 Å². The molecule has 0 saturated carbocycles. The van der Waals surface area contributed by atoms with Crippen molar-refractivity contribution in [2.45, 2.75) is 122 Å². The van der Waals surface area contributed by atoms with Gasteiger partial charge >= 0.3 is 33.3 Å². The number of fused-ring (bicyclic) bond motifs is 3. The van der Waals surface area contributed by atoms with E-state index in [1.165, 1.54) is 272 Å². The second-order valence-electron chi connectivity index (χ2n) is 21.4. The Morgan fingerprint density at radius 2 is 0.944 bits per heavy atom. The molecule has 6 unspecified atom stereocenters. The summed E-state index contributed by atoms with van der Waals surface area (Å²) in [4.78, 5) is 29.3. The Bertz CT molecular complexity index is 1310. The standard InChI is InChI=1S/C17H36N4.C16H31IN4.C12H22N4.C4H9I.CH3I.2ClH.I2.2HI.Mn/c1-3-4-8-19-10-6-11-20-13-12-18(2)7-5-9-21(15-14-19)17-16-20;1-2-3-10-20-11-4-6-18-9-14-21(17)12-5-7-19(8-13-20)16(21)15(18)20;1-3-13-7-9-15-5-2-6-16-10-8-14(4-1)11(13)12(15)16;1-2-3-4-5;1-2;;;1-2;;;/h3-17H2,1-2H3;15-16H,2-14H2,1H3;11-12H,1-10H2;2-4H2,1H3;1H3;2*1H;;2*1H;/q;+1;;;;;;;;;+2/p-3. The number of rotatable bonds is 8. The summed E-state index contributed by atoms with van der Waals surface area (Å²) in [6.45, 7) is 43.8. The molecule has 10 heterocycles. The zero-order valence-corrected chi connectivity index (χ0v) is 63.4. The molecule has 72 heavy (non-hydrogen) atoms. The second kappa shape index (κ2) is 42.5. The summed E-state index contributed by atoms with van der Waals surface area (Å²) in [6.07, 6.45) is 19.4. The number of unbranched alkanes of at least 4 members (excludes halogenated alkanes) is 3. The van der Waals surface area contributed by atoms with Crippen LogP contribution in [0.1, 0.15) is 97.8 Å². The van der Waals surface area contributed by atoms with Crippen LogP contribution in [0, 0.1) is 0 Å². The van der Waals surface area contributed by atoms with Gasteiger partial charge in [0.1, 0.15) is 0 Å².